The van der Waals surface area contributed by atoms with Crippen LogP contribution in [0.25, 0.3) is 0 Å². The normalized spacial score (nSPS) is 10.3. The van der Waals surface area contributed by atoms with Crippen LogP contribution in [0.5, 0.6) is 11.8 Å². The van der Waals surface area contributed by atoms with Crippen LogP contribution in [0.15, 0.2) is 28.9 Å². The number of aromatic nitrogens is 2. The Morgan fingerprint density at radius 1 is 1.29 bits per heavy atom. The molecule has 0 aliphatic rings. The molecule has 0 saturated carbocycles. The smallest absolute Gasteiger partial charge is 0.325 e. The summed E-state index contributed by atoms with van der Waals surface area (Å²) in [6, 6.07) is 6.14. The minimum atomic E-state index is -0.342. The van der Waals surface area contributed by atoms with Crippen LogP contribution in [0, 0.1) is 12.7 Å². The van der Waals surface area contributed by atoms with Gasteiger partial charge in [-0.2, -0.15) is 9.97 Å². The van der Waals surface area contributed by atoms with E-state index in [0.717, 1.165) is 0 Å². The second-order valence-corrected chi connectivity index (χ2v) is 4.22. The SMILES string of the molecule is Cc1ccc(Oc2nc(N)cc(Br)n2)cc1F. The van der Waals surface area contributed by atoms with Crippen molar-refractivity contribution in [3.05, 3.63) is 40.2 Å². The van der Waals surface area contributed by atoms with E-state index in [9.17, 15) is 4.39 Å². The van der Waals surface area contributed by atoms with Crippen molar-refractivity contribution in [2.45, 2.75) is 6.92 Å². The van der Waals surface area contributed by atoms with E-state index in [2.05, 4.69) is 25.9 Å². The molecule has 0 saturated heterocycles. The van der Waals surface area contributed by atoms with Crippen LogP contribution in [-0.2, 0) is 0 Å². The van der Waals surface area contributed by atoms with Gasteiger partial charge in [-0.05, 0) is 34.5 Å². The largest absolute Gasteiger partial charge is 0.424 e. The first-order chi connectivity index (χ1) is 8.04. The molecule has 2 aromatic rings. The molecule has 1 heterocycles. The number of hydrogen-bond donors (Lipinski definition) is 1. The first kappa shape index (κ1) is 11.8. The van der Waals surface area contributed by atoms with Crippen molar-refractivity contribution in [2.24, 2.45) is 0 Å². The molecule has 0 radical (unpaired) electrons. The molecular formula is C11H9BrFN3O. The number of nitrogen functional groups attached to an aromatic ring is 1. The quantitative estimate of drug-likeness (QED) is 0.866. The number of hydrogen-bond acceptors (Lipinski definition) is 4. The first-order valence-electron chi connectivity index (χ1n) is 4.78. The summed E-state index contributed by atoms with van der Waals surface area (Å²) in [7, 11) is 0. The van der Waals surface area contributed by atoms with E-state index in [1.807, 2.05) is 0 Å². The van der Waals surface area contributed by atoms with Crippen LogP contribution in [0.3, 0.4) is 0 Å². The third kappa shape index (κ3) is 2.91. The standard InChI is InChI=1S/C11H9BrFN3O/c1-6-2-3-7(4-8(6)13)17-11-15-9(12)5-10(14)16-11/h2-5H,1H3,(H2,14,15,16). The Balaban J connectivity index is 2.28. The zero-order valence-corrected chi connectivity index (χ0v) is 10.5. The third-order valence-corrected chi connectivity index (χ3v) is 2.45. The van der Waals surface area contributed by atoms with E-state index in [1.165, 1.54) is 6.07 Å². The van der Waals surface area contributed by atoms with Crippen LogP contribution in [0.2, 0.25) is 0 Å². The number of aryl methyl sites for hydroxylation is 1. The predicted molar refractivity (Wildman–Crippen MR) is 65.4 cm³/mol. The highest BCUT2D eigenvalue weighted by molar-refractivity contribution is 9.10. The lowest BCUT2D eigenvalue weighted by atomic mass is 10.2. The average molecular weight is 298 g/mol. The van der Waals surface area contributed by atoms with E-state index in [4.69, 9.17) is 10.5 Å². The third-order valence-electron chi connectivity index (χ3n) is 2.05. The van der Waals surface area contributed by atoms with Gasteiger partial charge in [-0.15, -0.1) is 0 Å². The number of anilines is 1. The fourth-order valence-corrected chi connectivity index (χ4v) is 1.59. The second kappa shape index (κ2) is 4.67. The van der Waals surface area contributed by atoms with Crippen molar-refractivity contribution >= 4 is 21.7 Å². The van der Waals surface area contributed by atoms with Crippen LogP contribution in [-0.4, -0.2) is 9.97 Å². The molecule has 88 valence electrons. The molecule has 0 aliphatic heterocycles. The summed E-state index contributed by atoms with van der Waals surface area (Å²) in [5.41, 5.74) is 6.08. The van der Waals surface area contributed by atoms with Gasteiger partial charge >= 0.3 is 6.01 Å². The maximum Gasteiger partial charge on any atom is 0.325 e. The fraction of sp³-hybridized carbons (Fsp3) is 0.0909. The average Bonchev–Trinajstić information content (AvgIpc) is 2.22. The minimum absolute atomic E-state index is 0.0696. The van der Waals surface area contributed by atoms with Crippen LogP contribution in [0.4, 0.5) is 10.2 Å². The van der Waals surface area contributed by atoms with Gasteiger partial charge in [-0.3, -0.25) is 0 Å². The number of ether oxygens (including phenoxy) is 1. The van der Waals surface area contributed by atoms with Crippen molar-refractivity contribution in [2.75, 3.05) is 5.73 Å². The van der Waals surface area contributed by atoms with Gasteiger partial charge in [-0.25, -0.2) is 4.39 Å². The molecule has 0 bridgehead atoms. The van der Waals surface area contributed by atoms with Gasteiger partial charge in [0.15, 0.2) is 0 Å². The lowest BCUT2D eigenvalue weighted by Gasteiger charge is -2.05. The number of nitrogens with two attached hydrogens (primary N) is 1. The predicted octanol–water partition coefficient (Wildman–Crippen LogP) is 3.06. The molecule has 1 aromatic heterocycles. The van der Waals surface area contributed by atoms with Crippen molar-refractivity contribution in [1.82, 2.24) is 9.97 Å². The van der Waals surface area contributed by atoms with E-state index < -0.39 is 0 Å². The van der Waals surface area contributed by atoms with Crippen LogP contribution >= 0.6 is 15.9 Å². The van der Waals surface area contributed by atoms with Gasteiger partial charge in [0.25, 0.3) is 0 Å². The minimum Gasteiger partial charge on any atom is -0.424 e. The van der Waals surface area contributed by atoms with Gasteiger partial charge in [0.2, 0.25) is 0 Å². The highest BCUT2D eigenvalue weighted by Gasteiger charge is 2.05. The van der Waals surface area contributed by atoms with Crippen molar-refractivity contribution in [3.8, 4) is 11.8 Å². The molecule has 2 rings (SSSR count). The monoisotopic (exact) mass is 297 g/mol. The summed E-state index contributed by atoms with van der Waals surface area (Å²) in [5.74, 6) is 0.255. The summed E-state index contributed by atoms with van der Waals surface area (Å²) in [4.78, 5) is 7.84. The Bertz CT molecular complexity index is 542. The number of halogens is 2. The lowest BCUT2D eigenvalue weighted by Crippen LogP contribution is -1.97. The van der Waals surface area contributed by atoms with Gasteiger partial charge < -0.3 is 10.5 Å². The molecule has 1 aromatic carbocycles. The van der Waals surface area contributed by atoms with Gasteiger partial charge in [0.05, 0.1) is 0 Å². The molecule has 6 heteroatoms. The summed E-state index contributed by atoms with van der Waals surface area (Å²) >= 11 is 3.17. The summed E-state index contributed by atoms with van der Waals surface area (Å²) < 4.78 is 19.1. The molecule has 0 atom stereocenters. The fourth-order valence-electron chi connectivity index (χ4n) is 1.20. The Labute approximate surface area is 106 Å². The first-order valence-corrected chi connectivity index (χ1v) is 5.58. The Kier molecular flexibility index (Phi) is 3.23. The van der Waals surface area contributed by atoms with Crippen molar-refractivity contribution in [1.29, 1.82) is 0 Å². The van der Waals surface area contributed by atoms with E-state index in [1.54, 1.807) is 25.1 Å². The van der Waals surface area contributed by atoms with Gasteiger partial charge in [0.1, 0.15) is 22.0 Å². The molecule has 0 fully saturated rings. The Morgan fingerprint density at radius 3 is 2.71 bits per heavy atom. The summed E-state index contributed by atoms with van der Waals surface area (Å²) in [5, 5.41) is 0. The van der Waals surface area contributed by atoms with E-state index in [0.29, 0.717) is 15.9 Å². The zero-order chi connectivity index (χ0) is 12.4. The Hall–Kier alpha value is -1.69. The lowest BCUT2D eigenvalue weighted by molar-refractivity contribution is 0.437. The molecule has 17 heavy (non-hydrogen) atoms. The maximum atomic E-state index is 13.3. The topological polar surface area (TPSA) is 61.0 Å². The molecule has 0 unspecified atom stereocenters. The molecular weight excluding hydrogens is 289 g/mol. The van der Waals surface area contributed by atoms with Gasteiger partial charge in [-0.1, -0.05) is 6.07 Å². The number of nitrogens with zero attached hydrogens (tertiary/aromatic N) is 2. The molecule has 0 spiro atoms. The summed E-state index contributed by atoms with van der Waals surface area (Å²) in [6.07, 6.45) is 0. The van der Waals surface area contributed by atoms with Crippen LogP contribution in [0.1, 0.15) is 5.56 Å². The maximum absolute atomic E-state index is 13.3. The zero-order valence-electron chi connectivity index (χ0n) is 8.95. The Morgan fingerprint density at radius 2 is 2.06 bits per heavy atom. The number of rotatable bonds is 2. The molecule has 0 aliphatic carbocycles. The van der Waals surface area contributed by atoms with E-state index >= 15 is 0 Å². The second-order valence-electron chi connectivity index (χ2n) is 3.41. The highest BCUT2D eigenvalue weighted by Crippen LogP contribution is 2.22. The highest BCUT2D eigenvalue weighted by atomic mass is 79.9. The molecule has 0 amide bonds. The molecule has 4 nitrogen and oxygen atoms in total. The number of benzene rings is 1. The van der Waals surface area contributed by atoms with Gasteiger partial charge in [0, 0.05) is 12.1 Å². The van der Waals surface area contributed by atoms with E-state index in [-0.39, 0.29) is 17.6 Å². The van der Waals surface area contributed by atoms with Crippen molar-refractivity contribution < 1.29 is 9.13 Å². The van der Waals surface area contributed by atoms with Crippen molar-refractivity contribution in [3.63, 3.8) is 0 Å². The van der Waals surface area contributed by atoms with Crippen LogP contribution < -0.4 is 10.5 Å². The molecule has 2 N–H and O–H groups in total. The summed E-state index contributed by atoms with van der Waals surface area (Å²) in [6.45, 7) is 1.67.